The van der Waals surface area contributed by atoms with Crippen LogP contribution in [0.5, 0.6) is 0 Å². The maximum atomic E-state index is 12.5. The number of aromatic nitrogens is 5. The molecule has 8 heteroatoms. The van der Waals surface area contributed by atoms with Gasteiger partial charge in [0.1, 0.15) is 0 Å². The predicted octanol–water partition coefficient (Wildman–Crippen LogP) is 4.56. The van der Waals surface area contributed by atoms with Gasteiger partial charge in [-0.3, -0.25) is 4.98 Å². The highest BCUT2D eigenvalue weighted by Gasteiger charge is 2.14. The minimum atomic E-state index is -0.304. The summed E-state index contributed by atoms with van der Waals surface area (Å²) in [4.78, 5) is 27.4. The van der Waals surface area contributed by atoms with E-state index in [4.69, 9.17) is 23.2 Å². The van der Waals surface area contributed by atoms with Crippen LogP contribution in [0.15, 0.2) is 59.7 Å². The molecule has 0 aliphatic rings. The molecule has 0 fully saturated rings. The van der Waals surface area contributed by atoms with Crippen LogP contribution in [0, 0.1) is 0 Å². The lowest BCUT2D eigenvalue weighted by molar-refractivity contribution is 1.00. The second-order valence-electron chi connectivity index (χ2n) is 6.10. The smallest absolute Gasteiger partial charge is 0.333 e. The number of imidazole rings is 1. The molecule has 0 bridgehead atoms. The van der Waals surface area contributed by atoms with Gasteiger partial charge in [-0.1, -0.05) is 23.2 Å². The summed E-state index contributed by atoms with van der Waals surface area (Å²) in [6.45, 7) is 0. The Balaban J connectivity index is 1.75. The van der Waals surface area contributed by atoms with E-state index in [0.29, 0.717) is 32.7 Å². The molecule has 3 aromatic heterocycles. The molecule has 0 saturated carbocycles. The highest BCUT2D eigenvalue weighted by Crippen LogP contribution is 2.27. The molecule has 132 valence electrons. The molecule has 0 atom stereocenters. The summed E-state index contributed by atoms with van der Waals surface area (Å²) in [5.74, 6) is 0. The van der Waals surface area contributed by atoms with Gasteiger partial charge >= 0.3 is 5.69 Å². The fraction of sp³-hybridized carbons (Fsp3) is 0. The molecular weight excluding hydrogens is 385 g/mol. The van der Waals surface area contributed by atoms with E-state index in [-0.39, 0.29) is 5.69 Å². The first kappa shape index (κ1) is 16.1. The Bertz CT molecular complexity index is 1360. The Labute approximate surface area is 162 Å². The van der Waals surface area contributed by atoms with Gasteiger partial charge in [0.2, 0.25) is 0 Å². The van der Waals surface area contributed by atoms with Crippen molar-refractivity contribution < 1.29 is 0 Å². The molecule has 0 unspecified atom stereocenters. The first-order valence-corrected chi connectivity index (χ1v) is 8.86. The van der Waals surface area contributed by atoms with Gasteiger partial charge in [0, 0.05) is 32.7 Å². The van der Waals surface area contributed by atoms with E-state index in [9.17, 15) is 4.79 Å². The number of benzene rings is 2. The van der Waals surface area contributed by atoms with Crippen molar-refractivity contribution in [1.82, 2.24) is 24.5 Å². The lowest BCUT2D eigenvalue weighted by atomic mass is 10.1. The van der Waals surface area contributed by atoms with Crippen LogP contribution in [0.25, 0.3) is 39.1 Å². The molecule has 2 N–H and O–H groups in total. The second kappa shape index (κ2) is 5.97. The summed E-state index contributed by atoms with van der Waals surface area (Å²) in [6, 6.07) is 12.8. The zero-order valence-electron chi connectivity index (χ0n) is 13.7. The standard InChI is InChI=1S/C19H11Cl2N5O/c20-12-5-11(6-13(21)8-12)16-9-23-17-18(24-16)26(19(27)25-17)14-1-2-15-10(7-14)3-4-22-15/h1-9,22H,(H,23,25,27). The third-order valence-corrected chi connectivity index (χ3v) is 4.78. The number of halogens is 2. The van der Waals surface area contributed by atoms with Gasteiger partial charge < -0.3 is 4.98 Å². The summed E-state index contributed by atoms with van der Waals surface area (Å²) in [7, 11) is 0. The number of hydrogen-bond acceptors (Lipinski definition) is 3. The summed E-state index contributed by atoms with van der Waals surface area (Å²) in [5.41, 5.74) is 3.53. The van der Waals surface area contributed by atoms with Gasteiger partial charge in [0.15, 0.2) is 11.3 Å². The van der Waals surface area contributed by atoms with Crippen molar-refractivity contribution in [3.63, 3.8) is 0 Å². The van der Waals surface area contributed by atoms with Gasteiger partial charge in [0.05, 0.1) is 17.6 Å². The Morgan fingerprint density at radius 3 is 2.63 bits per heavy atom. The van der Waals surface area contributed by atoms with Crippen LogP contribution in [-0.2, 0) is 0 Å². The zero-order valence-corrected chi connectivity index (χ0v) is 15.2. The van der Waals surface area contributed by atoms with E-state index in [1.165, 1.54) is 4.57 Å². The Kier molecular flexibility index (Phi) is 3.56. The molecule has 0 aliphatic carbocycles. The summed E-state index contributed by atoms with van der Waals surface area (Å²) < 4.78 is 1.50. The second-order valence-corrected chi connectivity index (χ2v) is 6.97. The van der Waals surface area contributed by atoms with Crippen molar-refractivity contribution in [2.24, 2.45) is 0 Å². The van der Waals surface area contributed by atoms with Crippen molar-refractivity contribution in [1.29, 1.82) is 0 Å². The lowest BCUT2D eigenvalue weighted by Gasteiger charge is -2.05. The maximum Gasteiger partial charge on any atom is 0.333 e. The molecular formula is C19H11Cl2N5O. The van der Waals surface area contributed by atoms with Crippen LogP contribution in [-0.4, -0.2) is 24.5 Å². The van der Waals surface area contributed by atoms with Gasteiger partial charge in [-0.15, -0.1) is 0 Å². The Morgan fingerprint density at radius 1 is 1.00 bits per heavy atom. The van der Waals surface area contributed by atoms with Gasteiger partial charge in [-0.2, -0.15) is 0 Å². The first-order valence-electron chi connectivity index (χ1n) is 8.10. The van der Waals surface area contributed by atoms with Crippen molar-refractivity contribution in [3.8, 4) is 16.9 Å². The minimum absolute atomic E-state index is 0.304. The zero-order chi connectivity index (χ0) is 18.5. The van der Waals surface area contributed by atoms with E-state index >= 15 is 0 Å². The third kappa shape index (κ3) is 2.70. The van der Waals surface area contributed by atoms with E-state index in [1.54, 1.807) is 24.4 Å². The predicted molar refractivity (Wildman–Crippen MR) is 107 cm³/mol. The number of fused-ring (bicyclic) bond motifs is 2. The topological polar surface area (TPSA) is 79.4 Å². The van der Waals surface area contributed by atoms with Crippen LogP contribution >= 0.6 is 23.2 Å². The van der Waals surface area contributed by atoms with Crippen LogP contribution in [0.4, 0.5) is 0 Å². The normalized spacial score (nSPS) is 11.5. The van der Waals surface area contributed by atoms with E-state index in [2.05, 4.69) is 19.9 Å². The van der Waals surface area contributed by atoms with Gasteiger partial charge in [0.25, 0.3) is 0 Å². The lowest BCUT2D eigenvalue weighted by Crippen LogP contribution is -2.14. The molecule has 27 heavy (non-hydrogen) atoms. The number of rotatable bonds is 2. The molecule has 5 aromatic rings. The maximum absolute atomic E-state index is 12.5. The highest BCUT2D eigenvalue weighted by molar-refractivity contribution is 6.35. The Morgan fingerprint density at radius 2 is 1.81 bits per heavy atom. The molecule has 3 heterocycles. The Hall–Kier alpha value is -3.09. The van der Waals surface area contributed by atoms with E-state index in [1.807, 2.05) is 30.5 Å². The van der Waals surface area contributed by atoms with Gasteiger partial charge in [-0.25, -0.2) is 19.3 Å². The van der Waals surface area contributed by atoms with Crippen molar-refractivity contribution in [2.75, 3.05) is 0 Å². The number of nitrogens with one attached hydrogen (secondary N) is 2. The van der Waals surface area contributed by atoms with Crippen molar-refractivity contribution >= 4 is 45.4 Å². The van der Waals surface area contributed by atoms with Crippen LogP contribution < -0.4 is 5.69 Å². The quantitative estimate of drug-likeness (QED) is 0.459. The van der Waals surface area contributed by atoms with Crippen LogP contribution in [0.3, 0.4) is 0 Å². The van der Waals surface area contributed by atoms with Crippen LogP contribution in [0.1, 0.15) is 0 Å². The first-order chi connectivity index (χ1) is 13.1. The SMILES string of the molecule is O=c1[nH]c2ncc(-c3cc(Cl)cc(Cl)c3)nc2n1-c1ccc2[nH]ccc2c1. The number of aromatic amines is 2. The molecule has 5 rings (SSSR count). The average molecular weight is 396 g/mol. The highest BCUT2D eigenvalue weighted by atomic mass is 35.5. The molecule has 6 nitrogen and oxygen atoms in total. The van der Waals surface area contributed by atoms with Gasteiger partial charge in [-0.05, 0) is 42.5 Å². The monoisotopic (exact) mass is 395 g/mol. The molecule has 0 saturated heterocycles. The molecule has 0 aliphatic heterocycles. The molecule has 2 aromatic carbocycles. The number of nitrogens with zero attached hydrogens (tertiary/aromatic N) is 3. The summed E-state index contributed by atoms with van der Waals surface area (Å²) in [5, 5.41) is 2.01. The molecule has 0 spiro atoms. The largest absolute Gasteiger partial charge is 0.361 e. The number of hydrogen-bond donors (Lipinski definition) is 2. The third-order valence-electron chi connectivity index (χ3n) is 4.35. The van der Waals surface area contributed by atoms with Crippen molar-refractivity contribution in [3.05, 3.63) is 75.4 Å². The molecule has 0 radical (unpaired) electrons. The average Bonchev–Trinajstić information content (AvgIpc) is 3.22. The fourth-order valence-corrected chi connectivity index (χ4v) is 3.66. The summed E-state index contributed by atoms with van der Waals surface area (Å²) >= 11 is 12.2. The number of H-pyrrole nitrogens is 2. The molecule has 0 amide bonds. The fourth-order valence-electron chi connectivity index (χ4n) is 3.14. The van der Waals surface area contributed by atoms with E-state index < -0.39 is 0 Å². The van der Waals surface area contributed by atoms with E-state index in [0.717, 1.165) is 16.5 Å². The minimum Gasteiger partial charge on any atom is -0.361 e. The van der Waals surface area contributed by atoms with Crippen LogP contribution in [0.2, 0.25) is 10.0 Å². The summed E-state index contributed by atoms with van der Waals surface area (Å²) in [6.07, 6.45) is 3.44. The van der Waals surface area contributed by atoms with Crippen molar-refractivity contribution in [2.45, 2.75) is 0 Å².